The highest BCUT2D eigenvalue weighted by Crippen LogP contribution is 2.25. The van der Waals surface area contributed by atoms with E-state index in [1.807, 2.05) is 0 Å². The van der Waals surface area contributed by atoms with Crippen molar-refractivity contribution in [3.05, 3.63) is 34.4 Å². The van der Waals surface area contributed by atoms with Gasteiger partial charge in [0.1, 0.15) is 5.54 Å². The number of rotatable bonds is 7. The number of nitrogens with one attached hydrogen (secondary N) is 1. The highest BCUT2D eigenvalue weighted by atomic mass is 32.2. The molecule has 1 aromatic rings. The Morgan fingerprint density at radius 2 is 2.05 bits per heavy atom. The Bertz CT molecular complexity index is 478. The van der Waals surface area contributed by atoms with Gasteiger partial charge in [0.05, 0.1) is 11.5 Å². The molecule has 20 heavy (non-hydrogen) atoms. The van der Waals surface area contributed by atoms with E-state index < -0.39 is 10.5 Å². The topological polar surface area (TPSA) is 81.5 Å². The Morgan fingerprint density at radius 1 is 1.45 bits per heavy atom. The van der Waals surface area contributed by atoms with Crippen molar-refractivity contribution in [2.75, 3.05) is 19.4 Å². The summed E-state index contributed by atoms with van der Waals surface area (Å²) in [5, 5.41) is 13.5. The molecule has 1 aromatic carbocycles. The van der Waals surface area contributed by atoms with E-state index in [9.17, 15) is 14.9 Å². The Hall–Kier alpha value is -1.60. The predicted octanol–water partition coefficient (Wildman–Crippen LogP) is 2.23. The largest absolute Gasteiger partial charge is 0.465 e. The summed E-state index contributed by atoms with van der Waals surface area (Å²) in [5.41, 5.74) is -0.737. The average molecular weight is 298 g/mol. The third-order valence-corrected chi connectivity index (χ3v) is 4.18. The molecule has 0 saturated heterocycles. The molecule has 1 unspecified atom stereocenters. The molecule has 0 spiro atoms. The fraction of sp³-hybridized carbons (Fsp3) is 0.462. The second-order valence-corrected chi connectivity index (χ2v) is 5.39. The molecular formula is C13H18N2O4S. The zero-order valence-corrected chi connectivity index (χ0v) is 12.5. The van der Waals surface area contributed by atoms with Crippen LogP contribution in [0.15, 0.2) is 29.2 Å². The van der Waals surface area contributed by atoms with Crippen LogP contribution in [-0.2, 0) is 9.53 Å². The summed E-state index contributed by atoms with van der Waals surface area (Å²) in [6, 6.07) is 6.24. The number of hydrogen-bond donors (Lipinski definition) is 1. The van der Waals surface area contributed by atoms with Crippen LogP contribution in [-0.4, -0.2) is 35.8 Å². The number of nitrogens with zero attached hydrogens (tertiary/aromatic N) is 1. The van der Waals surface area contributed by atoms with Crippen molar-refractivity contribution in [1.29, 1.82) is 0 Å². The number of hydrogen-bond acceptors (Lipinski definition) is 6. The molecule has 1 rings (SSSR count). The maximum Gasteiger partial charge on any atom is 0.326 e. The fourth-order valence-corrected chi connectivity index (χ4v) is 2.46. The Morgan fingerprint density at radius 3 is 2.50 bits per heavy atom. The summed E-state index contributed by atoms with van der Waals surface area (Å²) in [6.07, 6.45) is 0. The highest BCUT2D eigenvalue weighted by Gasteiger charge is 2.33. The minimum Gasteiger partial charge on any atom is -0.465 e. The smallest absolute Gasteiger partial charge is 0.326 e. The minimum atomic E-state index is -0.789. The third-order valence-electron chi connectivity index (χ3n) is 2.85. The third kappa shape index (κ3) is 4.21. The van der Waals surface area contributed by atoms with Gasteiger partial charge in [-0.1, -0.05) is 0 Å². The summed E-state index contributed by atoms with van der Waals surface area (Å²) in [4.78, 5) is 22.9. The van der Waals surface area contributed by atoms with Gasteiger partial charge in [0.2, 0.25) is 0 Å². The van der Waals surface area contributed by atoms with Crippen molar-refractivity contribution >= 4 is 23.4 Å². The first-order valence-electron chi connectivity index (χ1n) is 6.16. The molecule has 0 fully saturated rings. The summed E-state index contributed by atoms with van der Waals surface area (Å²) < 4.78 is 5.03. The van der Waals surface area contributed by atoms with E-state index in [2.05, 4.69) is 5.32 Å². The summed E-state index contributed by atoms with van der Waals surface area (Å²) in [5.74, 6) is 0.164. The van der Waals surface area contributed by atoms with E-state index in [-0.39, 0.29) is 11.7 Å². The number of esters is 1. The number of carbonyl (C=O) groups is 1. The monoisotopic (exact) mass is 298 g/mol. The summed E-state index contributed by atoms with van der Waals surface area (Å²) in [6.45, 7) is 3.86. The molecule has 0 aliphatic heterocycles. The second kappa shape index (κ2) is 7.25. The van der Waals surface area contributed by atoms with E-state index in [0.717, 1.165) is 4.90 Å². The van der Waals surface area contributed by atoms with E-state index in [1.165, 1.54) is 23.9 Å². The van der Waals surface area contributed by atoms with Crippen molar-refractivity contribution in [2.45, 2.75) is 24.3 Å². The van der Waals surface area contributed by atoms with Gasteiger partial charge in [-0.3, -0.25) is 14.9 Å². The van der Waals surface area contributed by atoms with Gasteiger partial charge < -0.3 is 10.1 Å². The van der Waals surface area contributed by atoms with Gasteiger partial charge in [0, 0.05) is 22.8 Å². The lowest BCUT2D eigenvalue weighted by Crippen LogP contribution is -2.50. The molecule has 0 aliphatic rings. The average Bonchev–Trinajstić information content (AvgIpc) is 2.45. The lowest BCUT2D eigenvalue weighted by molar-refractivity contribution is -0.384. The number of nitro benzene ring substituents is 1. The SMILES string of the molecule is CCOC(=O)C(C)(CSc1ccc([N+](=O)[O-])cc1)NC. The lowest BCUT2D eigenvalue weighted by atomic mass is 10.1. The fourth-order valence-electron chi connectivity index (χ4n) is 1.42. The minimum absolute atomic E-state index is 0.0520. The second-order valence-electron chi connectivity index (χ2n) is 4.34. The number of nitro groups is 1. The number of ether oxygens (including phenoxy) is 1. The van der Waals surface area contributed by atoms with Crippen LogP contribution in [0.4, 0.5) is 5.69 Å². The molecule has 6 nitrogen and oxygen atoms in total. The number of carbonyl (C=O) groups excluding carboxylic acids is 1. The van der Waals surface area contributed by atoms with Crippen LogP contribution in [0.5, 0.6) is 0 Å². The Balaban J connectivity index is 2.68. The van der Waals surface area contributed by atoms with Gasteiger partial charge in [-0.25, -0.2) is 0 Å². The molecule has 1 N–H and O–H groups in total. The molecule has 110 valence electrons. The van der Waals surface area contributed by atoms with Gasteiger partial charge >= 0.3 is 5.97 Å². The molecule has 0 heterocycles. The molecule has 0 radical (unpaired) electrons. The molecule has 0 aliphatic carbocycles. The van der Waals surface area contributed by atoms with Crippen molar-refractivity contribution in [1.82, 2.24) is 5.32 Å². The van der Waals surface area contributed by atoms with E-state index in [0.29, 0.717) is 12.4 Å². The predicted molar refractivity (Wildman–Crippen MR) is 77.9 cm³/mol. The Labute approximate surface area is 122 Å². The summed E-state index contributed by atoms with van der Waals surface area (Å²) in [7, 11) is 1.70. The highest BCUT2D eigenvalue weighted by molar-refractivity contribution is 7.99. The zero-order chi connectivity index (χ0) is 15.2. The number of benzene rings is 1. The van der Waals surface area contributed by atoms with E-state index in [1.54, 1.807) is 33.0 Å². The number of thioether (sulfide) groups is 1. The standard InChI is InChI=1S/C13H18N2O4S/c1-4-19-12(16)13(2,14-3)9-20-11-7-5-10(6-8-11)15(17)18/h5-8,14H,4,9H2,1-3H3. The van der Waals surface area contributed by atoms with Crippen LogP contribution in [0.25, 0.3) is 0 Å². The quantitative estimate of drug-likeness (QED) is 0.360. The number of non-ortho nitro benzene ring substituents is 1. The van der Waals surface area contributed by atoms with Gasteiger partial charge in [-0.05, 0) is 33.0 Å². The van der Waals surface area contributed by atoms with Crippen LogP contribution in [0, 0.1) is 10.1 Å². The van der Waals surface area contributed by atoms with E-state index >= 15 is 0 Å². The van der Waals surface area contributed by atoms with Crippen LogP contribution in [0.2, 0.25) is 0 Å². The van der Waals surface area contributed by atoms with Crippen LogP contribution in [0.3, 0.4) is 0 Å². The molecular weight excluding hydrogens is 280 g/mol. The van der Waals surface area contributed by atoms with Crippen molar-refractivity contribution in [3.63, 3.8) is 0 Å². The molecule has 0 saturated carbocycles. The van der Waals surface area contributed by atoms with Crippen molar-refractivity contribution < 1.29 is 14.5 Å². The maximum atomic E-state index is 11.9. The van der Waals surface area contributed by atoms with Crippen molar-refractivity contribution in [2.24, 2.45) is 0 Å². The lowest BCUT2D eigenvalue weighted by Gasteiger charge is -2.26. The molecule has 7 heteroatoms. The first kappa shape index (κ1) is 16.5. The van der Waals surface area contributed by atoms with Crippen LogP contribution < -0.4 is 5.32 Å². The normalized spacial score (nSPS) is 13.6. The van der Waals surface area contributed by atoms with Crippen LogP contribution in [0.1, 0.15) is 13.8 Å². The number of likely N-dealkylation sites (N-methyl/N-ethyl adjacent to an activating group) is 1. The van der Waals surface area contributed by atoms with Gasteiger partial charge in [-0.2, -0.15) is 0 Å². The van der Waals surface area contributed by atoms with E-state index in [4.69, 9.17) is 4.74 Å². The van der Waals surface area contributed by atoms with Gasteiger partial charge in [-0.15, -0.1) is 11.8 Å². The van der Waals surface area contributed by atoms with Crippen molar-refractivity contribution in [3.8, 4) is 0 Å². The first-order valence-corrected chi connectivity index (χ1v) is 7.15. The molecule has 1 atom stereocenters. The van der Waals surface area contributed by atoms with Gasteiger partial charge in [0.15, 0.2) is 0 Å². The van der Waals surface area contributed by atoms with Crippen LogP contribution >= 0.6 is 11.8 Å². The molecule has 0 bridgehead atoms. The maximum absolute atomic E-state index is 11.9. The zero-order valence-electron chi connectivity index (χ0n) is 11.7. The molecule has 0 aromatic heterocycles. The summed E-state index contributed by atoms with van der Waals surface area (Å²) >= 11 is 1.44. The molecule has 0 amide bonds. The first-order chi connectivity index (χ1) is 9.42. The van der Waals surface area contributed by atoms with Gasteiger partial charge in [0.25, 0.3) is 5.69 Å². The Kier molecular flexibility index (Phi) is 5.97.